The Morgan fingerprint density at radius 1 is 1.23 bits per heavy atom. The molecule has 1 amide bonds. The maximum Gasteiger partial charge on any atom is 0.262 e. The highest BCUT2D eigenvalue weighted by molar-refractivity contribution is 9.10. The van der Waals surface area contributed by atoms with Gasteiger partial charge in [0.25, 0.3) is 5.56 Å². The maximum absolute atomic E-state index is 12.9. The minimum absolute atomic E-state index is 0.0474. The summed E-state index contributed by atoms with van der Waals surface area (Å²) in [5, 5.41) is 4.22. The molecule has 0 fully saturated rings. The monoisotopic (exact) mass is 487 g/mol. The van der Waals surface area contributed by atoms with Crippen LogP contribution in [0, 0.1) is 0 Å². The molecule has 3 aromatic rings. The first kappa shape index (κ1) is 22.6. The van der Waals surface area contributed by atoms with Gasteiger partial charge in [-0.3, -0.25) is 14.2 Å². The summed E-state index contributed by atoms with van der Waals surface area (Å²) in [6, 6.07) is 15.8. The van der Waals surface area contributed by atoms with Crippen LogP contribution in [-0.4, -0.2) is 27.3 Å². The Balaban J connectivity index is 1.64. The number of thioether (sulfide) groups is 1. The van der Waals surface area contributed by atoms with Gasteiger partial charge in [0.2, 0.25) is 5.91 Å². The smallest absolute Gasteiger partial charge is 0.262 e. The second-order valence-electron chi connectivity index (χ2n) is 7.29. The lowest BCUT2D eigenvalue weighted by Gasteiger charge is -2.15. The van der Waals surface area contributed by atoms with Crippen molar-refractivity contribution in [3.05, 3.63) is 68.9 Å². The number of aryl methyl sites for hydroxylation is 1. The lowest BCUT2D eigenvalue weighted by atomic mass is 10.1. The zero-order chi connectivity index (χ0) is 21.5. The zero-order valence-corrected chi connectivity index (χ0v) is 19.6. The summed E-state index contributed by atoms with van der Waals surface area (Å²) in [7, 11) is 0. The van der Waals surface area contributed by atoms with Crippen molar-refractivity contribution in [3.8, 4) is 0 Å². The molecule has 30 heavy (non-hydrogen) atoms. The van der Waals surface area contributed by atoms with Gasteiger partial charge >= 0.3 is 0 Å². The van der Waals surface area contributed by atoms with Gasteiger partial charge in [0.1, 0.15) is 0 Å². The van der Waals surface area contributed by atoms with E-state index in [0.29, 0.717) is 22.6 Å². The molecule has 0 saturated carbocycles. The Morgan fingerprint density at radius 3 is 2.73 bits per heavy atom. The Bertz CT molecular complexity index is 1070. The molecule has 5 nitrogen and oxygen atoms in total. The predicted octanol–water partition coefficient (Wildman–Crippen LogP) is 4.80. The van der Waals surface area contributed by atoms with Gasteiger partial charge in [-0.1, -0.05) is 64.9 Å². The summed E-state index contributed by atoms with van der Waals surface area (Å²) >= 11 is 4.73. The minimum atomic E-state index is -0.0673. The van der Waals surface area contributed by atoms with Gasteiger partial charge in [-0.25, -0.2) is 4.98 Å². The number of nitrogens with one attached hydrogen (secondary N) is 1. The fourth-order valence-electron chi connectivity index (χ4n) is 3.25. The van der Waals surface area contributed by atoms with Crippen molar-refractivity contribution in [1.29, 1.82) is 0 Å². The van der Waals surface area contributed by atoms with E-state index in [4.69, 9.17) is 0 Å². The molecule has 0 saturated heterocycles. The van der Waals surface area contributed by atoms with E-state index in [-0.39, 0.29) is 23.3 Å². The molecule has 0 aliphatic rings. The van der Waals surface area contributed by atoms with Crippen LogP contribution in [0.3, 0.4) is 0 Å². The Labute approximate surface area is 189 Å². The lowest BCUT2D eigenvalue weighted by molar-refractivity contribution is -0.119. The van der Waals surface area contributed by atoms with Crippen molar-refractivity contribution in [3.63, 3.8) is 0 Å². The van der Waals surface area contributed by atoms with E-state index < -0.39 is 0 Å². The van der Waals surface area contributed by atoms with Crippen LogP contribution in [0.5, 0.6) is 0 Å². The lowest BCUT2D eigenvalue weighted by Crippen LogP contribution is -2.34. The fourth-order valence-corrected chi connectivity index (χ4v) is 4.45. The van der Waals surface area contributed by atoms with Crippen molar-refractivity contribution >= 4 is 44.5 Å². The van der Waals surface area contributed by atoms with Crippen LogP contribution in [0.4, 0.5) is 0 Å². The van der Waals surface area contributed by atoms with Crippen molar-refractivity contribution in [1.82, 2.24) is 14.9 Å². The maximum atomic E-state index is 12.9. The van der Waals surface area contributed by atoms with Crippen molar-refractivity contribution in [2.24, 2.45) is 0 Å². The summed E-state index contributed by atoms with van der Waals surface area (Å²) in [5.74, 6) is 0.183. The molecule has 1 unspecified atom stereocenters. The number of halogens is 1. The van der Waals surface area contributed by atoms with Gasteiger partial charge in [0, 0.05) is 17.1 Å². The van der Waals surface area contributed by atoms with Crippen LogP contribution < -0.4 is 10.9 Å². The summed E-state index contributed by atoms with van der Waals surface area (Å²) in [4.78, 5) is 30.0. The van der Waals surface area contributed by atoms with E-state index in [1.165, 1.54) is 17.3 Å². The zero-order valence-electron chi connectivity index (χ0n) is 17.2. The van der Waals surface area contributed by atoms with E-state index in [9.17, 15) is 9.59 Å². The fraction of sp³-hybridized carbons (Fsp3) is 0.348. The van der Waals surface area contributed by atoms with Crippen LogP contribution in [0.15, 0.2) is 63.0 Å². The minimum Gasteiger partial charge on any atom is -0.353 e. The van der Waals surface area contributed by atoms with Crippen molar-refractivity contribution < 1.29 is 4.79 Å². The second-order valence-corrected chi connectivity index (χ2v) is 9.15. The van der Waals surface area contributed by atoms with Crippen LogP contribution >= 0.6 is 27.7 Å². The number of benzene rings is 2. The van der Waals surface area contributed by atoms with Gasteiger partial charge in [-0.05, 0) is 49.9 Å². The number of hydrogen-bond acceptors (Lipinski definition) is 4. The average Bonchev–Trinajstić information content (AvgIpc) is 2.74. The van der Waals surface area contributed by atoms with E-state index in [1.54, 1.807) is 10.6 Å². The first-order valence-electron chi connectivity index (χ1n) is 10.1. The molecule has 0 radical (unpaired) electrons. The third kappa shape index (κ3) is 5.95. The number of fused-ring (bicyclic) bond motifs is 1. The standard InChI is InChI=1S/C23H26BrN3O2S/c1-3-13-27-22(29)19-14-18(24)11-12-20(19)26-23(27)30-15-21(28)25-16(2)9-10-17-7-5-4-6-8-17/h4-8,11-12,14,16H,3,9-10,13,15H2,1-2H3,(H,25,28). The molecular weight excluding hydrogens is 462 g/mol. The third-order valence-electron chi connectivity index (χ3n) is 4.78. The second kappa shape index (κ2) is 10.8. The van der Waals surface area contributed by atoms with Gasteiger partial charge in [0.05, 0.1) is 16.7 Å². The first-order chi connectivity index (χ1) is 14.5. The van der Waals surface area contributed by atoms with E-state index in [2.05, 4.69) is 38.4 Å². The molecule has 0 aliphatic heterocycles. The molecule has 1 heterocycles. The highest BCUT2D eigenvalue weighted by Crippen LogP contribution is 2.21. The summed E-state index contributed by atoms with van der Waals surface area (Å²) in [6.45, 7) is 4.61. The van der Waals surface area contributed by atoms with Gasteiger partial charge in [-0.2, -0.15) is 0 Å². The third-order valence-corrected chi connectivity index (χ3v) is 6.25. The quantitative estimate of drug-likeness (QED) is 0.347. The van der Waals surface area contributed by atoms with Crippen LogP contribution in [0.2, 0.25) is 0 Å². The Morgan fingerprint density at radius 2 is 2.00 bits per heavy atom. The molecule has 0 spiro atoms. The number of hydrogen-bond donors (Lipinski definition) is 1. The van der Waals surface area contributed by atoms with Crippen LogP contribution in [-0.2, 0) is 17.8 Å². The number of rotatable bonds is 9. The predicted molar refractivity (Wildman–Crippen MR) is 127 cm³/mol. The number of amides is 1. The highest BCUT2D eigenvalue weighted by Gasteiger charge is 2.14. The van der Waals surface area contributed by atoms with Crippen molar-refractivity contribution in [2.45, 2.75) is 50.9 Å². The Kier molecular flexibility index (Phi) is 8.10. The van der Waals surface area contributed by atoms with Crippen molar-refractivity contribution in [2.75, 3.05) is 5.75 Å². The molecule has 2 aromatic carbocycles. The molecule has 7 heteroatoms. The Hall–Kier alpha value is -2.12. The van der Waals surface area contributed by atoms with E-state index >= 15 is 0 Å². The SMILES string of the molecule is CCCn1c(SCC(=O)NC(C)CCc2ccccc2)nc2ccc(Br)cc2c1=O. The topological polar surface area (TPSA) is 64.0 Å². The van der Waals surface area contributed by atoms with E-state index in [0.717, 1.165) is 23.7 Å². The molecule has 1 atom stereocenters. The number of nitrogens with zero attached hydrogens (tertiary/aromatic N) is 2. The molecule has 0 bridgehead atoms. The van der Waals surface area contributed by atoms with Gasteiger partial charge in [-0.15, -0.1) is 0 Å². The summed E-state index contributed by atoms with van der Waals surface area (Å²) < 4.78 is 2.52. The van der Waals surface area contributed by atoms with Crippen LogP contribution in [0.1, 0.15) is 32.3 Å². The number of carbonyl (C=O) groups is 1. The average molecular weight is 488 g/mol. The molecule has 1 aromatic heterocycles. The normalized spacial score (nSPS) is 12.1. The molecule has 1 N–H and O–H groups in total. The highest BCUT2D eigenvalue weighted by atomic mass is 79.9. The van der Waals surface area contributed by atoms with Gasteiger partial charge < -0.3 is 5.32 Å². The first-order valence-corrected chi connectivity index (χ1v) is 11.9. The largest absolute Gasteiger partial charge is 0.353 e. The van der Waals surface area contributed by atoms with E-state index in [1.807, 2.05) is 44.2 Å². The number of aromatic nitrogens is 2. The molecule has 0 aliphatic carbocycles. The van der Waals surface area contributed by atoms with Gasteiger partial charge in [0.15, 0.2) is 5.16 Å². The summed E-state index contributed by atoms with van der Waals surface area (Å²) in [6.07, 6.45) is 2.62. The summed E-state index contributed by atoms with van der Waals surface area (Å²) in [5.41, 5.74) is 1.85. The molecule has 158 valence electrons. The van der Waals surface area contributed by atoms with Crippen LogP contribution in [0.25, 0.3) is 10.9 Å². The number of carbonyl (C=O) groups excluding carboxylic acids is 1. The molecule has 3 rings (SSSR count). The molecular formula is C23H26BrN3O2S.